The minimum absolute atomic E-state index is 0.542. The van der Waals surface area contributed by atoms with Crippen LogP contribution in [0.15, 0.2) is 128 Å². The number of imidazole rings is 1. The highest BCUT2D eigenvalue weighted by Crippen LogP contribution is 2.41. The van der Waals surface area contributed by atoms with Crippen molar-refractivity contribution in [2.75, 3.05) is 0 Å². The number of hydrogen-bond donors (Lipinski definition) is 0. The van der Waals surface area contributed by atoms with Crippen molar-refractivity contribution in [3.63, 3.8) is 0 Å². The van der Waals surface area contributed by atoms with Gasteiger partial charge in [0.25, 0.3) is 6.08 Å². The fourth-order valence-electron chi connectivity index (χ4n) is 4.39. The summed E-state index contributed by atoms with van der Waals surface area (Å²) in [5.74, 6) is 0. The van der Waals surface area contributed by atoms with Crippen molar-refractivity contribution in [1.29, 1.82) is 0 Å². The number of benzene rings is 4. The highest BCUT2D eigenvalue weighted by atomic mass is 19.1. The Morgan fingerprint density at radius 1 is 0.576 bits per heavy atom. The molecule has 0 saturated carbocycles. The minimum atomic E-state index is -0.917. The third-order valence-corrected chi connectivity index (χ3v) is 5.86. The molecule has 160 valence electrons. The Balaban J connectivity index is 1.75. The van der Waals surface area contributed by atoms with Gasteiger partial charge in [-0.3, -0.25) is 4.57 Å². The average molecular weight is 431 g/mol. The largest absolute Gasteiger partial charge is 0.291 e. The fraction of sp³-hybridized carbons (Fsp3) is 0.0333. The van der Waals surface area contributed by atoms with Gasteiger partial charge in [0.05, 0.1) is 5.69 Å². The number of nitrogens with zero attached hydrogens (tertiary/aromatic N) is 2. The van der Waals surface area contributed by atoms with E-state index < -0.39 is 11.6 Å². The summed E-state index contributed by atoms with van der Waals surface area (Å²) in [6, 6.07) is 40.0. The molecule has 5 rings (SSSR count). The van der Waals surface area contributed by atoms with E-state index in [1.54, 1.807) is 10.8 Å². The Labute approximate surface area is 193 Å². The number of aromatic nitrogens is 2. The molecule has 0 bridgehead atoms. The smallest absolute Gasteiger partial charge is 0.288 e. The Morgan fingerprint density at radius 3 is 1.45 bits per heavy atom. The van der Waals surface area contributed by atoms with Gasteiger partial charge in [-0.2, -0.15) is 4.39 Å². The van der Waals surface area contributed by atoms with E-state index in [1.807, 2.05) is 133 Å². The summed E-state index contributed by atoms with van der Waals surface area (Å²) in [4.78, 5) is 4.28. The SMILES string of the molecule is Fc1nc(C=Cc2ccccc2)cn1C(c1ccccc1)(c1ccccc1)c1ccccc1. The second kappa shape index (κ2) is 9.09. The summed E-state index contributed by atoms with van der Waals surface area (Å²) in [6.07, 6.45) is 5.04. The third-order valence-electron chi connectivity index (χ3n) is 5.86. The Kier molecular flexibility index (Phi) is 5.69. The zero-order valence-corrected chi connectivity index (χ0v) is 18.1. The summed E-state index contributed by atoms with van der Waals surface area (Å²) in [6.45, 7) is 0. The monoisotopic (exact) mass is 430 g/mol. The van der Waals surface area contributed by atoms with Crippen LogP contribution < -0.4 is 0 Å². The molecule has 0 atom stereocenters. The molecule has 2 nitrogen and oxygen atoms in total. The number of hydrogen-bond acceptors (Lipinski definition) is 1. The number of halogens is 1. The van der Waals surface area contributed by atoms with E-state index in [1.165, 1.54) is 0 Å². The maximum atomic E-state index is 15.7. The first kappa shape index (κ1) is 20.7. The van der Waals surface area contributed by atoms with Gasteiger partial charge in [0, 0.05) is 6.20 Å². The second-order valence-corrected chi connectivity index (χ2v) is 7.86. The molecule has 3 heteroatoms. The topological polar surface area (TPSA) is 17.8 Å². The van der Waals surface area contributed by atoms with Gasteiger partial charge >= 0.3 is 0 Å². The molecule has 0 unspecified atom stereocenters. The van der Waals surface area contributed by atoms with Gasteiger partial charge in [-0.15, -0.1) is 0 Å². The van der Waals surface area contributed by atoms with E-state index >= 15 is 4.39 Å². The van der Waals surface area contributed by atoms with Crippen molar-refractivity contribution >= 4 is 12.2 Å². The van der Waals surface area contributed by atoms with Crippen LogP contribution in [0.25, 0.3) is 12.2 Å². The van der Waals surface area contributed by atoms with Crippen LogP contribution in [-0.4, -0.2) is 9.55 Å². The highest BCUT2D eigenvalue weighted by molar-refractivity contribution is 5.68. The molecule has 0 spiro atoms. The molecule has 1 heterocycles. The Bertz CT molecular complexity index is 1250. The van der Waals surface area contributed by atoms with Gasteiger partial charge in [0.1, 0.15) is 5.54 Å². The molecule has 0 N–H and O–H groups in total. The van der Waals surface area contributed by atoms with Gasteiger partial charge in [-0.25, -0.2) is 4.98 Å². The summed E-state index contributed by atoms with van der Waals surface area (Å²) in [5.41, 5.74) is 3.54. The molecule has 1 aromatic heterocycles. The van der Waals surface area contributed by atoms with Crippen LogP contribution in [0.2, 0.25) is 0 Å². The van der Waals surface area contributed by atoms with E-state index in [-0.39, 0.29) is 0 Å². The predicted octanol–water partition coefficient (Wildman–Crippen LogP) is 7.03. The normalized spacial score (nSPS) is 11.7. The summed E-state index contributed by atoms with van der Waals surface area (Å²) < 4.78 is 17.4. The molecule has 4 aromatic carbocycles. The molecular formula is C30H23FN2. The van der Waals surface area contributed by atoms with Gasteiger partial charge in [-0.05, 0) is 28.3 Å². The highest BCUT2D eigenvalue weighted by Gasteiger charge is 2.40. The first-order valence-electron chi connectivity index (χ1n) is 10.9. The molecule has 0 saturated heterocycles. The lowest BCUT2D eigenvalue weighted by Gasteiger charge is -2.37. The molecular weight excluding hydrogens is 407 g/mol. The van der Waals surface area contributed by atoms with Crippen LogP contribution in [0, 0.1) is 6.08 Å². The lowest BCUT2D eigenvalue weighted by Crippen LogP contribution is -2.38. The zero-order chi connectivity index (χ0) is 22.5. The molecule has 0 aliphatic rings. The molecule has 0 radical (unpaired) electrons. The molecule has 0 amide bonds. The van der Waals surface area contributed by atoms with Gasteiger partial charge in [0.15, 0.2) is 0 Å². The number of rotatable bonds is 6. The van der Waals surface area contributed by atoms with Gasteiger partial charge in [-0.1, -0.05) is 127 Å². The van der Waals surface area contributed by atoms with E-state index in [9.17, 15) is 0 Å². The maximum Gasteiger partial charge on any atom is 0.291 e. The van der Waals surface area contributed by atoms with Crippen molar-refractivity contribution in [2.24, 2.45) is 0 Å². The van der Waals surface area contributed by atoms with Crippen molar-refractivity contribution in [1.82, 2.24) is 9.55 Å². The zero-order valence-electron chi connectivity index (χ0n) is 18.1. The summed E-state index contributed by atoms with van der Waals surface area (Å²) >= 11 is 0. The standard InChI is InChI=1S/C30H23FN2/c31-29-32-28(22-21-24-13-5-1-6-14-24)23-33(29)30(25-15-7-2-8-16-25,26-17-9-3-10-18-26)27-19-11-4-12-20-27/h1-23H. The summed E-state index contributed by atoms with van der Waals surface area (Å²) in [5, 5.41) is 0. The lowest BCUT2D eigenvalue weighted by molar-refractivity contribution is 0.397. The van der Waals surface area contributed by atoms with E-state index in [0.29, 0.717) is 5.69 Å². The molecule has 0 aliphatic carbocycles. The van der Waals surface area contributed by atoms with Gasteiger partial charge < -0.3 is 0 Å². The molecule has 0 aliphatic heterocycles. The van der Waals surface area contributed by atoms with Crippen LogP contribution in [-0.2, 0) is 5.54 Å². The molecule has 5 aromatic rings. The molecule has 0 fully saturated rings. The Hall–Kier alpha value is -4.24. The van der Waals surface area contributed by atoms with Crippen molar-refractivity contribution < 1.29 is 4.39 Å². The predicted molar refractivity (Wildman–Crippen MR) is 132 cm³/mol. The van der Waals surface area contributed by atoms with Crippen molar-refractivity contribution in [3.05, 3.63) is 162 Å². The van der Waals surface area contributed by atoms with Crippen molar-refractivity contribution in [3.8, 4) is 0 Å². The fourth-order valence-corrected chi connectivity index (χ4v) is 4.39. The van der Waals surface area contributed by atoms with Crippen LogP contribution in [0.5, 0.6) is 0 Å². The van der Waals surface area contributed by atoms with Crippen LogP contribution in [0.1, 0.15) is 27.9 Å². The quantitative estimate of drug-likeness (QED) is 0.264. The summed E-state index contributed by atoms with van der Waals surface area (Å²) in [7, 11) is 0. The Morgan fingerprint density at radius 2 is 1.00 bits per heavy atom. The third kappa shape index (κ3) is 3.90. The minimum Gasteiger partial charge on any atom is -0.288 e. The maximum absolute atomic E-state index is 15.7. The van der Waals surface area contributed by atoms with E-state index in [4.69, 9.17) is 0 Å². The van der Waals surface area contributed by atoms with E-state index in [0.717, 1.165) is 22.3 Å². The second-order valence-electron chi connectivity index (χ2n) is 7.86. The molecule has 33 heavy (non-hydrogen) atoms. The van der Waals surface area contributed by atoms with E-state index in [2.05, 4.69) is 4.98 Å². The first-order chi connectivity index (χ1) is 16.3. The first-order valence-corrected chi connectivity index (χ1v) is 10.9. The van der Waals surface area contributed by atoms with Gasteiger partial charge in [0.2, 0.25) is 0 Å². The average Bonchev–Trinajstić information content (AvgIpc) is 3.26. The van der Waals surface area contributed by atoms with Crippen LogP contribution >= 0.6 is 0 Å². The van der Waals surface area contributed by atoms with Crippen LogP contribution in [0.4, 0.5) is 4.39 Å². The van der Waals surface area contributed by atoms with Crippen LogP contribution in [0.3, 0.4) is 0 Å². The van der Waals surface area contributed by atoms with Crippen molar-refractivity contribution in [2.45, 2.75) is 5.54 Å². The lowest BCUT2D eigenvalue weighted by atomic mass is 9.76.